The van der Waals surface area contributed by atoms with E-state index in [2.05, 4.69) is 15.4 Å². The molecule has 3 aromatic rings. The smallest absolute Gasteiger partial charge is 0.433 e. The number of ether oxygens (including phenoxy) is 1. The number of nitrogens with zero attached hydrogens (tertiary/aromatic N) is 3. The Hall–Kier alpha value is -3.28. The van der Waals surface area contributed by atoms with Gasteiger partial charge in [-0.3, -0.25) is 14.5 Å². The lowest BCUT2D eigenvalue weighted by Gasteiger charge is -2.28. The van der Waals surface area contributed by atoms with Gasteiger partial charge in [0.15, 0.2) is 5.69 Å². The van der Waals surface area contributed by atoms with Crippen molar-refractivity contribution in [3.05, 3.63) is 53.5 Å². The van der Waals surface area contributed by atoms with E-state index >= 15 is 0 Å². The molecule has 7 nitrogen and oxygen atoms in total. The zero-order valence-corrected chi connectivity index (χ0v) is 17.7. The van der Waals surface area contributed by atoms with Gasteiger partial charge in [0.05, 0.1) is 17.7 Å². The molecule has 2 heterocycles. The third kappa shape index (κ3) is 5.56. The van der Waals surface area contributed by atoms with Crippen LogP contribution in [-0.4, -0.2) is 44.3 Å². The SMILES string of the molecule is Cn1nc2ccc(OCc3cccnc3C(F)(F)F)cc2c1C(=O)NC(C)(CO)CC(F)F. The second-order valence-corrected chi connectivity index (χ2v) is 7.72. The second kappa shape index (κ2) is 9.30. The molecule has 0 fully saturated rings. The van der Waals surface area contributed by atoms with Crippen LogP contribution < -0.4 is 10.1 Å². The third-order valence-corrected chi connectivity index (χ3v) is 4.94. The van der Waals surface area contributed by atoms with E-state index < -0.39 is 49.4 Å². The number of halogens is 5. The molecule has 1 atom stereocenters. The average Bonchev–Trinajstić information content (AvgIpc) is 3.06. The summed E-state index contributed by atoms with van der Waals surface area (Å²) in [4.78, 5) is 16.2. The number of hydrogen-bond donors (Lipinski definition) is 2. The number of amides is 1. The van der Waals surface area contributed by atoms with Crippen LogP contribution in [0.3, 0.4) is 0 Å². The summed E-state index contributed by atoms with van der Waals surface area (Å²) >= 11 is 0. The van der Waals surface area contributed by atoms with E-state index in [1.807, 2.05) is 0 Å². The molecule has 1 amide bonds. The maximum absolute atomic E-state index is 13.1. The molecule has 2 aromatic heterocycles. The predicted molar refractivity (Wildman–Crippen MR) is 108 cm³/mol. The topological polar surface area (TPSA) is 89.3 Å². The highest BCUT2D eigenvalue weighted by Gasteiger charge is 2.35. The van der Waals surface area contributed by atoms with Crippen molar-refractivity contribution in [2.75, 3.05) is 6.61 Å². The summed E-state index contributed by atoms with van der Waals surface area (Å²) in [6.45, 7) is 0.156. The van der Waals surface area contributed by atoms with E-state index in [1.54, 1.807) is 0 Å². The Morgan fingerprint density at radius 2 is 2.00 bits per heavy atom. The number of benzene rings is 1. The molecule has 0 saturated carbocycles. The van der Waals surface area contributed by atoms with Crippen molar-refractivity contribution in [1.29, 1.82) is 0 Å². The van der Waals surface area contributed by atoms with Gasteiger partial charge >= 0.3 is 6.18 Å². The Labute approximate surface area is 185 Å². The van der Waals surface area contributed by atoms with Crippen LogP contribution in [0.4, 0.5) is 22.0 Å². The Kier molecular flexibility index (Phi) is 6.86. The number of aliphatic hydroxyl groups excluding tert-OH is 1. The Morgan fingerprint density at radius 1 is 1.27 bits per heavy atom. The summed E-state index contributed by atoms with van der Waals surface area (Å²) in [7, 11) is 1.48. The lowest BCUT2D eigenvalue weighted by atomic mass is 9.99. The number of pyridine rings is 1. The number of carbonyl (C=O) groups excluding carboxylic acids is 1. The number of aryl methyl sites for hydroxylation is 1. The van der Waals surface area contributed by atoms with Gasteiger partial charge in [-0.05, 0) is 31.2 Å². The Balaban J connectivity index is 1.87. The molecule has 3 rings (SSSR count). The minimum absolute atomic E-state index is 0.0155. The van der Waals surface area contributed by atoms with Crippen molar-refractivity contribution in [3.63, 3.8) is 0 Å². The number of aromatic nitrogens is 3. The van der Waals surface area contributed by atoms with Crippen molar-refractivity contribution >= 4 is 16.8 Å². The highest BCUT2D eigenvalue weighted by atomic mass is 19.4. The van der Waals surface area contributed by atoms with Crippen LogP contribution in [-0.2, 0) is 19.8 Å². The maximum Gasteiger partial charge on any atom is 0.433 e. The van der Waals surface area contributed by atoms with Crippen molar-refractivity contribution < 1.29 is 36.6 Å². The molecule has 0 aliphatic rings. The minimum atomic E-state index is -4.64. The molecular formula is C21H21F5N4O3. The van der Waals surface area contributed by atoms with Gasteiger partial charge in [-0.2, -0.15) is 18.3 Å². The Morgan fingerprint density at radius 3 is 2.64 bits per heavy atom. The van der Waals surface area contributed by atoms with Gasteiger partial charge < -0.3 is 15.2 Å². The number of hydrogen-bond acceptors (Lipinski definition) is 5. The normalized spacial score (nSPS) is 13.8. The number of carbonyl (C=O) groups is 1. The molecule has 0 spiro atoms. The first-order chi connectivity index (χ1) is 15.4. The largest absolute Gasteiger partial charge is 0.489 e. The molecule has 0 aliphatic carbocycles. The van der Waals surface area contributed by atoms with E-state index in [-0.39, 0.29) is 17.0 Å². The van der Waals surface area contributed by atoms with Crippen LogP contribution in [0.15, 0.2) is 36.5 Å². The fourth-order valence-electron chi connectivity index (χ4n) is 3.34. The molecule has 0 bridgehead atoms. The average molecular weight is 472 g/mol. The summed E-state index contributed by atoms with van der Waals surface area (Å²) in [6.07, 6.45) is -7.12. The van der Waals surface area contributed by atoms with Gasteiger partial charge in [0, 0.05) is 30.6 Å². The first-order valence-electron chi connectivity index (χ1n) is 9.76. The monoisotopic (exact) mass is 472 g/mol. The Bertz CT molecular complexity index is 1150. The van der Waals surface area contributed by atoms with Gasteiger partial charge in [0.25, 0.3) is 5.91 Å². The van der Waals surface area contributed by atoms with Gasteiger partial charge in [0.1, 0.15) is 18.1 Å². The highest BCUT2D eigenvalue weighted by molar-refractivity contribution is 6.05. The predicted octanol–water partition coefficient (Wildman–Crippen LogP) is 3.70. The van der Waals surface area contributed by atoms with Crippen LogP contribution in [0.5, 0.6) is 5.75 Å². The zero-order chi connectivity index (χ0) is 24.4. The molecule has 12 heteroatoms. The lowest BCUT2D eigenvalue weighted by molar-refractivity contribution is -0.142. The van der Waals surface area contributed by atoms with Gasteiger partial charge in [-0.25, -0.2) is 8.78 Å². The van der Waals surface area contributed by atoms with Crippen LogP contribution in [0, 0.1) is 0 Å². The van der Waals surface area contributed by atoms with E-state index in [1.165, 1.54) is 49.0 Å². The van der Waals surface area contributed by atoms with Gasteiger partial charge in [0.2, 0.25) is 6.43 Å². The highest BCUT2D eigenvalue weighted by Crippen LogP contribution is 2.31. The number of nitrogens with one attached hydrogen (secondary N) is 1. The maximum atomic E-state index is 13.1. The summed E-state index contributed by atoms with van der Waals surface area (Å²) in [5.74, 6) is -0.583. The summed E-state index contributed by atoms with van der Waals surface area (Å²) in [5, 5.41) is 16.4. The molecule has 0 saturated heterocycles. The minimum Gasteiger partial charge on any atom is -0.489 e. The van der Waals surface area contributed by atoms with Crippen LogP contribution in [0.25, 0.3) is 10.9 Å². The second-order valence-electron chi connectivity index (χ2n) is 7.72. The summed E-state index contributed by atoms with van der Waals surface area (Å²) < 4.78 is 71.8. The van der Waals surface area contributed by atoms with E-state index in [0.29, 0.717) is 10.9 Å². The van der Waals surface area contributed by atoms with Crippen LogP contribution in [0.1, 0.15) is 35.1 Å². The molecule has 178 valence electrons. The van der Waals surface area contributed by atoms with Crippen LogP contribution >= 0.6 is 0 Å². The first kappa shape index (κ1) is 24.4. The third-order valence-electron chi connectivity index (χ3n) is 4.94. The fraction of sp³-hybridized carbons (Fsp3) is 0.381. The molecule has 33 heavy (non-hydrogen) atoms. The van der Waals surface area contributed by atoms with Gasteiger partial charge in [-0.15, -0.1) is 0 Å². The van der Waals surface area contributed by atoms with Crippen molar-refractivity contribution in [2.45, 2.75) is 38.1 Å². The zero-order valence-electron chi connectivity index (χ0n) is 17.7. The quantitative estimate of drug-likeness (QED) is 0.488. The molecule has 1 aromatic carbocycles. The summed E-state index contributed by atoms with van der Waals surface area (Å²) in [6, 6.07) is 7.02. The standard InChI is InChI=1S/C21H21F5N4O3/c1-20(11-31,9-16(22)23)28-19(32)17-14-8-13(5-6-15(14)29-30(17)2)33-10-12-4-3-7-27-18(12)21(24,25)26/h3-8,16,31H,9-11H2,1-2H3,(H,28,32). The first-order valence-corrected chi connectivity index (χ1v) is 9.76. The molecule has 0 aliphatic heterocycles. The van der Waals surface area contributed by atoms with Crippen LogP contribution in [0.2, 0.25) is 0 Å². The lowest BCUT2D eigenvalue weighted by Crippen LogP contribution is -2.50. The van der Waals surface area contributed by atoms with E-state index in [0.717, 1.165) is 6.20 Å². The van der Waals surface area contributed by atoms with Gasteiger partial charge in [-0.1, -0.05) is 6.07 Å². The number of aliphatic hydroxyl groups is 1. The molecular weight excluding hydrogens is 451 g/mol. The molecule has 1 unspecified atom stereocenters. The van der Waals surface area contributed by atoms with Crippen molar-refractivity contribution in [1.82, 2.24) is 20.1 Å². The summed E-state index contributed by atoms with van der Waals surface area (Å²) in [5.41, 5.74) is -2.40. The molecule has 2 N–H and O–H groups in total. The number of rotatable bonds is 8. The molecule has 0 radical (unpaired) electrons. The van der Waals surface area contributed by atoms with E-state index in [4.69, 9.17) is 4.74 Å². The van der Waals surface area contributed by atoms with E-state index in [9.17, 15) is 31.9 Å². The number of alkyl halides is 5. The number of fused-ring (bicyclic) bond motifs is 1. The van der Waals surface area contributed by atoms with Crippen molar-refractivity contribution in [2.24, 2.45) is 7.05 Å². The fourth-order valence-corrected chi connectivity index (χ4v) is 3.34. The van der Waals surface area contributed by atoms with Crippen molar-refractivity contribution in [3.8, 4) is 5.75 Å².